The summed E-state index contributed by atoms with van der Waals surface area (Å²) in [6.07, 6.45) is 2.11. The number of hydrogen-bond acceptors (Lipinski definition) is 4. The van der Waals surface area contributed by atoms with E-state index in [1.165, 1.54) is 5.56 Å². The van der Waals surface area contributed by atoms with Crippen LogP contribution in [0.5, 0.6) is 11.5 Å². The van der Waals surface area contributed by atoms with Crippen LogP contribution in [0, 0.1) is 0 Å². The van der Waals surface area contributed by atoms with Gasteiger partial charge in [0.15, 0.2) is 17.3 Å². The highest BCUT2D eigenvalue weighted by Gasteiger charge is 2.15. The average Bonchev–Trinajstić information content (AvgIpc) is 2.68. The Morgan fingerprint density at radius 3 is 2.42 bits per heavy atom. The molecule has 0 radical (unpaired) electrons. The SMILES string of the molecule is CCc1ccc(NC(=O)CCCC(=O)c2ccc3c(c2)OCCO3)cc1. The number of carbonyl (C=O) groups excluding carboxylic acids is 2. The third-order valence-electron chi connectivity index (χ3n) is 4.32. The maximum atomic E-state index is 12.3. The van der Waals surface area contributed by atoms with E-state index in [4.69, 9.17) is 9.47 Å². The van der Waals surface area contributed by atoms with Gasteiger partial charge in [0.1, 0.15) is 13.2 Å². The molecule has 3 rings (SSSR count). The van der Waals surface area contributed by atoms with E-state index in [9.17, 15) is 9.59 Å². The first-order valence-corrected chi connectivity index (χ1v) is 8.97. The highest BCUT2D eigenvalue weighted by molar-refractivity contribution is 5.97. The molecule has 1 aliphatic rings. The predicted molar refractivity (Wildman–Crippen MR) is 100 cm³/mol. The molecule has 26 heavy (non-hydrogen) atoms. The van der Waals surface area contributed by atoms with Crippen molar-refractivity contribution in [3.8, 4) is 11.5 Å². The summed E-state index contributed by atoms with van der Waals surface area (Å²) in [6, 6.07) is 13.0. The van der Waals surface area contributed by atoms with Gasteiger partial charge in [-0.1, -0.05) is 19.1 Å². The van der Waals surface area contributed by atoms with Gasteiger partial charge in [-0.25, -0.2) is 0 Å². The zero-order valence-electron chi connectivity index (χ0n) is 14.9. The molecule has 0 unspecified atom stereocenters. The number of rotatable bonds is 7. The molecule has 5 nitrogen and oxygen atoms in total. The maximum Gasteiger partial charge on any atom is 0.224 e. The van der Waals surface area contributed by atoms with Crippen LogP contribution in [0.15, 0.2) is 42.5 Å². The summed E-state index contributed by atoms with van der Waals surface area (Å²) >= 11 is 0. The first-order valence-electron chi connectivity index (χ1n) is 8.97. The van der Waals surface area contributed by atoms with Gasteiger partial charge in [0, 0.05) is 24.1 Å². The number of ether oxygens (including phenoxy) is 2. The van der Waals surface area contributed by atoms with Crippen LogP contribution in [-0.2, 0) is 11.2 Å². The largest absolute Gasteiger partial charge is 0.486 e. The summed E-state index contributed by atoms with van der Waals surface area (Å²) in [6.45, 7) is 3.10. The Balaban J connectivity index is 1.46. The number of fused-ring (bicyclic) bond motifs is 1. The van der Waals surface area contributed by atoms with Gasteiger partial charge < -0.3 is 14.8 Å². The number of hydrogen-bond donors (Lipinski definition) is 1. The quantitative estimate of drug-likeness (QED) is 0.764. The monoisotopic (exact) mass is 353 g/mol. The van der Waals surface area contributed by atoms with E-state index in [-0.39, 0.29) is 11.7 Å². The smallest absolute Gasteiger partial charge is 0.224 e. The van der Waals surface area contributed by atoms with Crippen LogP contribution >= 0.6 is 0 Å². The fraction of sp³-hybridized carbons (Fsp3) is 0.333. The minimum Gasteiger partial charge on any atom is -0.486 e. The molecule has 1 N–H and O–H groups in total. The summed E-state index contributed by atoms with van der Waals surface area (Å²) < 4.78 is 11.0. The first-order chi connectivity index (χ1) is 12.7. The highest BCUT2D eigenvalue weighted by atomic mass is 16.6. The van der Waals surface area contributed by atoms with Crippen molar-refractivity contribution in [2.24, 2.45) is 0 Å². The van der Waals surface area contributed by atoms with E-state index in [0.717, 1.165) is 12.1 Å². The lowest BCUT2D eigenvalue weighted by molar-refractivity contribution is -0.116. The van der Waals surface area contributed by atoms with E-state index in [2.05, 4.69) is 12.2 Å². The van der Waals surface area contributed by atoms with E-state index in [0.29, 0.717) is 49.5 Å². The third kappa shape index (κ3) is 4.63. The van der Waals surface area contributed by atoms with Gasteiger partial charge in [-0.2, -0.15) is 0 Å². The summed E-state index contributed by atoms with van der Waals surface area (Å²) in [4.78, 5) is 24.3. The van der Waals surface area contributed by atoms with Gasteiger partial charge in [-0.3, -0.25) is 9.59 Å². The van der Waals surface area contributed by atoms with Crippen LogP contribution in [0.2, 0.25) is 0 Å². The molecule has 1 heterocycles. The molecule has 0 bridgehead atoms. The molecule has 0 aliphatic carbocycles. The molecule has 0 spiro atoms. The van der Waals surface area contributed by atoms with Crippen LogP contribution in [0.4, 0.5) is 5.69 Å². The Kier molecular flexibility index (Phi) is 5.89. The molecule has 0 atom stereocenters. The minimum atomic E-state index is -0.0794. The lowest BCUT2D eigenvalue weighted by Gasteiger charge is -2.18. The van der Waals surface area contributed by atoms with Crippen LogP contribution in [0.25, 0.3) is 0 Å². The average molecular weight is 353 g/mol. The number of Topliss-reactive ketones (excluding diaryl/α,β-unsaturated/α-hetero) is 1. The molecule has 0 saturated carbocycles. The molecule has 0 saturated heterocycles. The second-order valence-corrected chi connectivity index (χ2v) is 6.23. The Morgan fingerprint density at radius 1 is 0.962 bits per heavy atom. The Labute approximate surface area is 153 Å². The first kappa shape index (κ1) is 18.0. The van der Waals surface area contributed by atoms with Gasteiger partial charge in [0.05, 0.1) is 0 Å². The molecule has 136 valence electrons. The van der Waals surface area contributed by atoms with Crippen LogP contribution < -0.4 is 14.8 Å². The van der Waals surface area contributed by atoms with Gasteiger partial charge in [0.25, 0.3) is 0 Å². The third-order valence-corrected chi connectivity index (χ3v) is 4.32. The van der Waals surface area contributed by atoms with Crippen LogP contribution in [0.3, 0.4) is 0 Å². The molecular formula is C21H23NO4. The molecular weight excluding hydrogens is 330 g/mol. The van der Waals surface area contributed by atoms with Crippen molar-refractivity contribution in [2.45, 2.75) is 32.6 Å². The highest BCUT2D eigenvalue weighted by Crippen LogP contribution is 2.31. The second kappa shape index (κ2) is 8.52. The Bertz CT molecular complexity index is 783. The number of carbonyl (C=O) groups is 2. The number of nitrogens with one attached hydrogen (secondary N) is 1. The van der Waals surface area contributed by atoms with Crippen molar-refractivity contribution < 1.29 is 19.1 Å². The van der Waals surface area contributed by atoms with Crippen molar-refractivity contribution in [3.05, 3.63) is 53.6 Å². The van der Waals surface area contributed by atoms with Crippen molar-refractivity contribution in [1.82, 2.24) is 0 Å². The molecule has 1 aliphatic heterocycles. The zero-order chi connectivity index (χ0) is 18.4. The molecule has 2 aromatic rings. The van der Waals surface area contributed by atoms with Gasteiger partial charge >= 0.3 is 0 Å². The lowest BCUT2D eigenvalue weighted by atomic mass is 10.0. The van der Waals surface area contributed by atoms with Gasteiger partial charge in [-0.15, -0.1) is 0 Å². The van der Waals surface area contributed by atoms with E-state index < -0.39 is 0 Å². The molecule has 2 aromatic carbocycles. The molecule has 1 amide bonds. The summed E-state index contributed by atoms with van der Waals surface area (Å²) in [5, 5.41) is 2.86. The fourth-order valence-electron chi connectivity index (χ4n) is 2.82. The minimum absolute atomic E-state index is 0.00192. The van der Waals surface area contributed by atoms with Gasteiger partial charge in [0.2, 0.25) is 5.91 Å². The van der Waals surface area contributed by atoms with E-state index in [1.54, 1.807) is 18.2 Å². The molecule has 5 heteroatoms. The number of benzene rings is 2. The molecule has 0 aromatic heterocycles. The van der Waals surface area contributed by atoms with Crippen LogP contribution in [-0.4, -0.2) is 24.9 Å². The second-order valence-electron chi connectivity index (χ2n) is 6.23. The van der Waals surface area contributed by atoms with Crippen molar-refractivity contribution >= 4 is 17.4 Å². The lowest BCUT2D eigenvalue weighted by Crippen LogP contribution is -2.16. The fourth-order valence-corrected chi connectivity index (χ4v) is 2.82. The van der Waals surface area contributed by atoms with E-state index in [1.807, 2.05) is 24.3 Å². The predicted octanol–water partition coefficient (Wildman–Crippen LogP) is 4.01. The standard InChI is InChI=1S/C21H23NO4/c1-2-15-6-9-17(10-7-15)22-21(24)5-3-4-18(23)16-8-11-19-20(14-16)26-13-12-25-19/h6-11,14H,2-5,12-13H2,1H3,(H,22,24). The number of amides is 1. The van der Waals surface area contributed by atoms with Gasteiger partial charge in [-0.05, 0) is 48.7 Å². The Hall–Kier alpha value is -2.82. The number of anilines is 1. The summed E-state index contributed by atoms with van der Waals surface area (Å²) in [5.74, 6) is 1.20. The topological polar surface area (TPSA) is 64.6 Å². The van der Waals surface area contributed by atoms with Crippen molar-refractivity contribution in [3.63, 3.8) is 0 Å². The zero-order valence-corrected chi connectivity index (χ0v) is 14.9. The number of ketones is 1. The number of aryl methyl sites for hydroxylation is 1. The van der Waals surface area contributed by atoms with E-state index >= 15 is 0 Å². The van der Waals surface area contributed by atoms with Crippen molar-refractivity contribution in [2.75, 3.05) is 18.5 Å². The van der Waals surface area contributed by atoms with Crippen LogP contribution in [0.1, 0.15) is 42.1 Å². The molecule has 0 fully saturated rings. The Morgan fingerprint density at radius 2 is 1.69 bits per heavy atom. The maximum absolute atomic E-state index is 12.3. The normalized spacial score (nSPS) is 12.5. The van der Waals surface area contributed by atoms with Crippen molar-refractivity contribution in [1.29, 1.82) is 0 Å². The summed E-state index contributed by atoms with van der Waals surface area (Å²) in [5.41, 5.74) is 2.60. The summed E-state index contributed by atoms with van der Waals surface area (Å²) in [7, 11) is 0.